The number of nitrogens with zero attached hydrogens (tertiary/aromatic N) is 1. The molecule has 0 bridgehead atoms. The van der Waals surface area contributed by atoms with Crippen molar-refractivity contribution in [1.29, 1.82) is 0 Å². The molecule has 2 atom stereocenters. The fourth-order valence-corrected chi connectivity index (χ4v) is 4.80. The zero-order valence-electron chi connectivity index (χ0n) is 18.3. The van der Waals surface area contributed by atoms with E-state index in [-0.39, 0.29) is 18.1 Å². The maximum Gasteiger partial charge on any atom is 0.410 e. The highest BCUT2D eigenvalue weighted by molar-refractivity contribution is 5.69. The van der Waals surface area contributed by atoms with Gasteiger partial charge in [0.15, 0.2) is 0 Å². The zero-order valence-corrected chi connectivity index (χ0v) is 18.3. The van der Waals surface area contributed by atoms with Crippen LogP contribution in [0.2, 0.25) is 0 Å². The summed E-state index contributed by atoms with van der Waals surface area (Å²) in [6, 6.07) is 9.65. The second kappa shape index (κ2) is 7.88. The Labute approximate surface area is 173 Å². The number of likely N-dealkylation sites (tertiary alicyclic amines) is 1. The monoisotopic (exact) mass is 402 g/mol. The number of benzene rings is 1. The molecular formula is C23H34N2O4. The zero-order chi connectivity index (χ0) is 21.3. The molecule has 0 radical (unpaired) electrons. The predicted octanol–water partition coefficient (Wildman–Crippen LogP) is 4.73. The Kier molecular flexibility index (Phi) is 5.84. The van der Waals surface area contributed by atoms with E-state index in [1.165, 1.54) is 0 Å². The van der Waals surface area contributed by atoms with Crippen molar-refractivity contribution in [3.8, 4) is 0 Å². The van der Waals surface area contributed by atoms with Gasteiger partial charge in [-0.3, -0.25) is 0 Å². The summed E-state index contributed by atoms with van der Waals surface area (Å²) >= 11 is 0. The number of hydrogen-bond donors (Lipinski definition) is 1. The molecular weight excluding hydrogens is 368 g/mol. The average molecular weight is 403 g/mol. The van der Waals surface area contributed by atoms with Crippen LogP contribution in [-0.2, 0) is 16.1 Å². The fraction of sp³-hybridized carbons (Fsp3) is 0.652. The molecule has 2 fully saturated rings. The van der Waals surface area contributed by atoms with Crippen molar-refractivity contribution in [3.63, 3.8) is 0 Å². The van der Waals surface area contributed by atoms with Crippen LogP contribution in [0, 0.1) is 11.3 Å². The van der Waals surface area contributed by atoms with Crippen molar-refractivity contribution in [3.05, 3.63) is 35.9 Å². The lowest BCUT2D eigenvalue weighted by Gasteiger charge is -2.54. The molecule has 1 saturated heterocycles. The first-order chi connectivity index (χ1) is 13.5. The van der Waals surface area contributed by atoms with Crippen LogP contribution in [-0.4, -0.2) is 41.3 Å². The van der Waals surface area contributed by atoms with E-state index in [2.05, 4.69) is 19.2 Å². The average Bonchev–Trinajstić information content (AvgIpc) is 3.05. The standard InChI is InChI=1S/C23H34N2O4/c1-21(2,3)29-20(27)25-14-13-23(16-25)12-11-18(23)22(4,5)24-19(26)28-15-17-9-7-6-8-10-17/h6-10,18H,11-16H2,1-5H3,(H,24,26)/t18?,23-/m0/s1. The van der Waals surface area contributed by atoms with Crippen molar-refractivity contribution in [2.75, 3.05) is 13.1 Å². The van der Waals surface area contributed by atoms with Crippen LogP contribution in [0.15, 0.2) is 30.3 Å². The molecule has 6 nitrogen and oxygen atoms in total. The topological polar surface area (TPSA) is 67.9 Å². The number of rotatable bonds is 4. The van der Waals surface area contributed by atoms with E-state index in [1.807, 2.05) is 56.0 Å². The molecule has 160 valence electrons. The van der Waals surface area contributed by atoms with Crippen molar-refractivity contribution in [1.82, 2.24) is 10.2 Å². The van der Waals surface area contributed by atoms with Gasteiger partial charge in [0.2, 0.25) is 0 Å². The van der Waals surface area contributed by atoms with Crippen LogP contribution in [0.25, 0.3) is 0 Å². The molecule has 1 heterocycles. The van der Waals surface area contributed by atoms with Gasteiger partial charge in [-0.05, 0) is 70.8 Å². The maximum absolute atomic E-state index is 12.5. The van der Waals surface area contributed by atoms with E-state index in [0.29, 0.717) is 19.0 Å². The van der Waals surface area contributed by atoms with Gasteiger partial charge in [-0.25, -0.2) is 9.59 Å². The van der Waals surface area contributed by atoms with Gasteiger partial charge >= 0.3 is 12.2 Å². The molecule has 1 saturated carbocycles. The number of hydrogen-bond acceptors (Lipinski definition) is 4. The lowest BCUT2D eigenvalue weighted by atomic mass is 9.53. The minimum absolute atomic E-state index is 0.0487. The van der Waals surface area contributed by atoms with Crippen molar-refractivity contribution < 1.29 is 19.1 Å². The third kappa shape index (κ3) is 5.03. The van der Waals surface area contributed by atoms with Gasteiger partial charge in [0.25, 0.3) is 0 Å². The number of nitrogens with one attached hydrogen (secondary N) is 1. The lowest BCUT2D eigenvalue weighted by Crippen LogP contribution is -2.60. The van der Waals surface area contributed by atoms with Gasteiger partial charge < -0.3 is 19.7 Å². The van der Waals surface area contributed by atoms with E-state index < -0.39 is 17.2 Å². The molecule has 1 aromatic rings. The molecule has 1 spiro atoms. The van der Waals surface area contributed by atoms with Gasteiger partial charge in [-0.1, -0.05) is 30.3 Å². The van der Waals surface area contributed by atoms with E-state index >= 15 is 0 Å². The molecule has 29 heavy (non-hydrogen) atoms. The molecule has 0 aromatic heterocycles. The minimum Gasteiger partial charge on any atom is -0.445 e. The lowest BCUT2D eigenvalue weighted by molar-refractivity contribution is -0.0260. The van der Waals surface area contributed by atoms with Gasteiger partial charge in [-0.2, -0.15) is 0 Å². The first-order valence-corrected chi connectivity index (χ1v) is 10.5. The van der Waals surface area contributed by atoms with Crippen molar-refractivity contribution in [2.45, 2.75) is 71.6 Å². The summed E-state index contributed by atoms with van der Waals surface area (Å²) < 4.78 is 11.0. The van der Waals surface area contributed by atoms with Crippen LogP contribution in [0.1, 0.15) is 59.4 Å². The van der Waals surface area contributed by atoms with Crippen LogP contribution < -0.4 is 5.32 Å². The van der Waals surface area contributed by atoms with Gasteiger partial charge in [-0.15, -0.1) is 0 Å². The number of carbonyl (C=O) groups excluding carboxylic acids is 2. The second-order valence-corrected chi connectivity index (χ2v) is 10.0. The summed E-state index contributed by atoms with van der Waals surface area (Å²) in [7, 11) is 0. The molecule has 1 aliphatic heterocycles. The Morgan fingerprint density at radius 1 is 1.14 bits per heavy atom. The quantitative estimate of drug-likeness (QED) is 0.791. The molecule has 1 N–H and O–H groups in total. The van der Waals surface area contributed by atoms with E-state index in [9.17, 15) is 9.59 Å². The molecule has 3 rings (SSSR count). The minimum atomic E-state index is -0.491. The Bertz CT molecular complexity index is 741. The Balaban J connectivity index is 1.55. The molecule has 1 aliphatic carbocycles. The molecule has 1 unspecified atom stereocenters. The first kappa shape index (κ1) is 21.5. The smallest absolute Gasteiger partial charge is 0.410 e. The molecule has 6 heteroatoms. The van der Waals surface area contributed by atoms with Gasteiger partial charge in [0.1, 0.15) is 12.2 Å². The van der Waals surface area contributed by atoms with E-state index in [0.717, 1.165) is 24.8 Å². The van der Waals surface area contributed by atoms with E-state index in [4.69, 9.17) is 9.47 Å². The normalized spacial score (nSPS) is 24.2. The van der Waals surface area contributed by atoms with Gasteiger partial charge in [0.05, 0.1) is 0 Å². The number of alkyl carbamates (subject to hydrolysis) is 1. The summed E-state index contributed by atoms with van der Waals surface area (Å²) in [5, 5.41) is 3.07. The predicted molar refractivity (Wildman–Crippen MR) is 111 cm³/mol. The molecule has 2 aliphatic rings. The SMILES string of the molecule is CC(C)(C)OC(=O)N1CC[C@@]2(CCC2C(C)(C)NC(=O)OCc2ccccc2)C1. The number of carbonyl (C=O) groups is 2. The first-order valence-electron chi connectivity index (χ1n) is 10.5. The van der Waals surface area contributed by atoms with Crippen LogP contribution >= 0.6 is 0 Å². The highest BCUT2D eigenvalue weighted by Gasteiger charge is 2.57. The summed E-state index contributed by atoms with van der Waals surface area (Å²) in [4.78, 5) is 26.7. The summed E-state index contributed by atoms with van der Waals surface area (Å²) in [5.74, 6) is 0.298. The fourth-order valence-electron chi connectivity index (χ4n) is 4.80. The number of amides is 2. The number of ether oxygens (including phenoxy) is 2. The molecule has 1 aromatic carbocycles. The van der Waals surface area contributed by atoms with Crippen LogP contribution in [0.4, 0.5) is 9.59 Å². The second-order valence-electron chi connectivity index (χ2n) is 10.0. The highest BCUT2D eigenvalue weighted by Crippen LogP contribution is 2.57. The third-order valence-corrected chi connectivity index (χ3v) is 6.22. The summed E-state index contributed by atoms with van der Waals surface area (Å²) in [6.45, 7) is 11.4. The van der Waals surface area contributed by atoms with E-state index in [1.54, 1.807) is 0 Å². The summed E-state index contributed by atoms with van der Waals surface area (Å²) in [5.41, 5.74) is 0.113. The molecule has 2 amide bonds. The van der Waals surface area contributed by atoms with Gasteiger partial charge in [0, 0.05) is 18.6 Å². The summed E-state index contributed by atoms with van der Waals surface area (Å²) in [6.07, 6.45) is 2.41. The third-order valence-electron chi connectivity index (χ3n) is 6.22. The Morgan fingerprint density at radius 3 is 2.41 bits per heavy atom. The van der Waals surface area contributed by atoms with Crippen molar-refractivity contribution in [2.24, 2.45) is 11.3 Å². The maximum atomic E-state index is 12.5. The Hall–Kier alpha value is -2.24. The van der Waals surface area contributed by atoms with Crippen LogP contribution in [0.5, 0.6) is 0 Å². The Morgan fingerprint density at radius 2 is 1.83 bits per heavy atom. The van der Waals surface area contributed by atoms with Crippen LogP contribution in [0.3, 0.4) is 0 Å². The highest BCUT2D eigenvalue weighted by atomic mass is 16.6. The largest absolute Gasteiger partial charge is 0.445 e. The van der Waals surface area contributed by atoms with Crippen molar-refractivity contribution >= 4 is 12.2 Å².